The monoisotopic (exact) mass is 255 g/mol. The van der Waals surface area contributed by atoms with E-state index in [9.17, 15) is 9.59 Å². The Hall–Kier alpha value is -0.940. The maximum Gasteiger partial charge on any atom is 0.233 e. The topological polar surface area (TPSA) is 66.8 Å². The summed E-state index contributed by atoms with van der Waals surface area (Å²) < 4.78 is 5.13. The Balaban J connectivity index is 1.81. The number of likely N-dealkylation sites (tertiary alicyclic amines) is 1. The van der Waals surface area contributed by atoms with Crippen molar-refractivity contribution in [2.24, 2.45) is 11.8 Å². The van der Waals surface area contributed by atoms with E-state index in [1.54, 1.807) is 0 Å². The highest BCUT2D eigenvalue weighted by atomic mass is 16.5. The number of nitrogens with zero attached hydrogens (tertiary/aromatic N) is 1. The molecule has 1 saturated carbocycles. The van der Waals surface area contributed by atoms with E-state index in [1.165, 1.54) is 4.90 Å². The van der Waals surface area contributed by atoms with E-state index in [-0.39, 0.29) is 30.3 Å². The molecule has 1 N–H and O–H groups in total. The van der Waals surface area contributed by atoms with Gasteiger partial charge in [0, 0.05) is 13.2 Å². The third-order valence-corrected chi connectivity index (χ3v) is 3.84. The molecule has 1 aliphatic heterocycles. The second kappa shape index (κ2) is 6.29. The molecule has 1 saturated heterocycles. The average Bonchev–Trinajstić information content (AvgIpc) is 2.64. The Kier molecular flexibility index (Phi) is 4.72. The first-order valence-electron chi connectivity index (χ1n) is 6.79. The lowest BCUT2D eigenvalue weighted by Gasteiger charge is -2.19. The summed E-state index contributed by atoms with van der Waals surface area (Å²) >= 11 is 0. The van der Waals surface area contributed by atoms with Crippen molar-refractivity contribution >= 4 is 11.8 Å². The molecule has 1 heterocycles. The van der Waals surface area contributed by atoms with Crippen LogP contribution in [0.4, 0.5) is 0 Å². The number of ether oxygens (including phenoxy) is 1. The maximum atomic E-state index is 12.1. The van der Waals surface area contributed by atoms with Crippen LogP contribution < -0.4 is 0 Å². The number of imide groups is 1. The Morgan fingerprint density at radius 1 is 1.11 bits per heavy atom. The van der Waals surface area contributed by atoms with Crippen molar-refractivity contribution in [2.75, 3.05) is 26.4 Å². The van der Waals surface area contributed by atoms with Crippen LogP contribution in [0.3, 0.4) is 0 Å². The molecule has 2 unspecified atom stereocenters. The highest BCUT2D eigenvalue weighted by molar-refractivity contribution is 6.05. The summed E-state index contributed by atoms with van der Waals surface area (Å²) in [6.07, 6.45) is 4.51. The molecule has 2 rings (SSSR count). The summed E-state index contributed by atoms with van der Waals surface area (Å²) in [7, 11) is 0. The van der Waals surface area contributed by atoms with Gasteiger partial charge in [-0.25, -0.2) is 0 Å². The zero-order valence-corrected chi connectivity index (χ0v) is 10.6. The van der Waals surface area contributed by atoms with Crippen molar-refractivity contribution in [1.29, 1.82) is 0 Å². The average molecular weight is 255 g/mol. The molecule has 2 atom stereocenters. The Morgan fingerprint density at radius 2 is 1.72 bits per heavy atom. The number of hydrogen-bond acceptors (Lipinski definition) is 4. The fourth-order valence-corrected chi connectivity index (χ4v) is 2.94. The van der Waals surface area contributed by atoms with Crippen LogP contribution >= 0.6 is 0 Å². The van der Waals surface area contributed by atoms with Crippen LogP contribution in [0.2, 0.25) is 0 Å². The van der Waals surface area contributed by atoms with E-state index in [2.05, 4.69) is 0 Å². The van der Waals surface area contributed by atoms with E-state index in [0.717, 1.165) is 25.7 Å². The molecule has 5 heteroatoms. The lowest BCUT2D eigenvalue weighted by atomic mass is 9.81. The van der Waals surface area contributed by atoms with Crippen LogP contribution in [0.15, 0.2) is 0 Å². The van der Waals surface area contributed by atoms with Crippen molar-refractivity contribution < 1.29 is 19.4 Å². The fourth-order valence-electron chi connectivity index (χ4n) is 2.94. The second-order valence-corrected chi connectivity index (χ2v) is 5.02. The molecule has 102 valence electrons. The fraction of sp³-hybridized carbons (Fsp3) is 0.846. The summed E-state index contributed by atoms with van der Waals surface area (Å²) in [5, 5.41) is 8.56. The zero-order chi connectivity index (χ0) is 13.0. The van der Waals surface area contributed by atoms with Gasteiger partial charge in [0.25, 0.3) is 0 Å². The summed E-state index contributed by atoms with van der Waals surface area (Å²) in [6, 6.07) is 0. The van der Waals surface area contributed by atoms with Crippen molar-refractivity contribution in [2.45, 2.75) is 32.1 Å². The first-order valence-corrected chi connectivity index (χ1v) is 6.79. The predicted molar refractivity (Wildman–Crippen MR) is 64.7 cm³/mol. The Labute approximate surface area is 107 Å². The minimum absolute atomic E-state index is 0.00568. The summed E-state index contributed by atoms with van der Waals surface area (Å²) in [5.74, 6) is -0.0621. The van der Waals surface area contributed by atoms with Gasteiger partial charge >= 0.3 is 0 Å². The number of carbonyl (C=O) groups excluding carboxylic acids is 2. The van der Waals surface area contributed by atoms with Gasteiger partial charge in [-0.2, -0.15) is 0 Å². The van der Waals surface area contributed by atoms with E-state index in [0.29, 0.717) is 26.2 Å². The van der Waals surface area contributed by atoms with Crippen LogP contribution in [0.1, 0.15) is 32.1 Å². The number of fused-ring (bicyclic) bond motifs is 1. The SMILES string of the molecule is O=C1C2CCCCC2C(=O)N1CCCOCCO. The van der Waals surface area contributed by atoms with E-state index in [1.807, 2.05) is 0 Å². The molecular formula is C13H21NO4. The van der Waals surface area contributed by atoms with E-state index in [4.69, 9.17) is 9.84 Å². The van der Waals surface area contributed by atoms with Gasteiger partial charge in [0.05, 0.1) is 25.0 Å². The molecule has 1 aliphatic carbocycles. The first-order chi connectivity index (χ1) is 8.75. The Bertz CT molecular complexity index is 294. The molecule has 0 aromatic heterocycles. The minimum atomic E-state index is -0.0513. The van der Waals surface area contributed by atoms with Gasteiger partial charge < -0.3 is 9.84 Å². The molecule has 2 aliphatic rings. The molecule has 0 aromatic carbocycles. The molecule has 2 fully saturated rings. The highest BCUT2D eigenvalue weighted by Crippen LogP contribution is 2.37. The van der Waals surface area contributed by atoms with Crippen molar-refractivity contribution in [1.82, 2.24) is 4.90 Å². The number of hydrogen-bond donors (Lipinski definition) is 1. The third-order valence-electron chi connectivity index (χ3n) is 3.84. The second-order valence-electron chi connectivity index (χ2n) is 5.02. The van der Waals surface area contributed by atoms with Crippen LogP contribution in [0.25, 0.3) is 0 Å². The van der Waals surface area contributed by atoms with Gasteiger partial charge in [-0.05, 0) is 19.3 Å². The minimum Gasteiger partial charge on any atom is -0.394 e. The van der Waals surface area contributed by atoms with E-state index < -0.39 is 0 Å². The summed E-state index contributed by atoms with van der Waals surface area (Å²) in [5.41, 5.74) is 0. The van der Waals surface area contributed by atoms with Crippen molar-refractivity contribution in [3.05, 3.63) is 0 Å². The lowest BCUT2D eigenvalue weighted by molar-refractivity contribution is -0.140. The van der Waals surface area contributed by atoms with Crippen LogP contribution in [0, 0.1) is 11.8 Å². The lowest BCUT2D eigenvalue weighted by Crippen LogP contribution is -2.32. The van der Waals surface area contributed by atoms with Gasteiger partial charge in [0.15, 0.2) is 0 Å². The van der Waals surface area contributed by atoms with Gasteiger partial charge in [0.2, 0.25) is 11.8 Å². The largest absolute Gasteiger partial charge is 0.394 e. The van der Waals surface area contributed by atoms with Gasteiger partial charge in [0.1, 0.15) is 0 Å². The maximum absolute atomic E-state index is 12.1. The quantitative estimate of drug-likeness (QED) is 0.556. The number of aliphatic hydroxyl groups is 1. The van der Waals surface area contributed by atoms with Crippen molar-refractivity contribution in [3.8, 4) is 0 Å². The number of rotatable bonds is 6. The van der Waals surface area contributed by atoms with Crippen LogP contribution in [-0.2, 0) is 14.3 Å². The molecule has 0 spiro atoms. The van der Waals surface area contributed by atoms with E-state index >= 15 is 0 Å². The van der Waals surface area contributed by atoms with Crippen molar-refractivity contribution in [3.63, 3.8) is 0 Å². The number of carbonyl (C=O) groups is 2. The molecule has 0 bridgehead atoms. The highest BCUT2D eigenvalue weighted by Gasteiger charge is 2.47. The molecule has 18 heavy (non-hydrogen) atoms. The third kappa shape index (κ3) is 2.72. The Morgan fingerprint density at radius 3 is 2.28 bits per heavy atom. The summed E-state index contributed by atoms with van der Waals surface area (Å²) in [4.78, 5) is 25.6. The molecular weight excluding hydrogens is 234 g/mol. The number of aliphatic hydroxyl groups excluding tert-OH is 1. The first kappa shape index (κ1) is 13.5. The molecule has 2 amide bonds. The molecule has 0 aromatic rings. The van der Waals surface area contributed by atoms with Crippen LogP contribution in [0.5, 0.6) is 0 Å². The zero-order valence-electron chi connectivity index (χ0n) is 10.6. The standard InChI is InChI=1S/C13H21NO4/c15-7-9-18-8-3-6-14-12(16)10-4-1-2-5-11(10)13(14)17/h10-11,15H,1-9H2. The normalized spacial score (nSPS) is 27.7. The smallest absolute Gasteiger partial charge is 0.233 e. The van der Waals surface area contributed by atoms with Gasteiger partial charge in [-0.1, -0.05) is 12.8 Å². The van der Waals surface area contributed by atoms with Crippen LogP contribution in [-0.4, -0.2) is 48.2 Å². The number of amides is 2. The summed E-state index contributed by atoms with van der Waals surface area (Å²) in [6.45, 7) is 1.25. The van der Waals surface area contributed by atoms with Gasteiger partial charge in [-0.3, -0.25) is 14.5 Å². The predicted octanol–water partition coefficient (Wildman–Crippen LogP) is 0.561. The molecule has 5 nitrogen and oxygen atoms in total. The van der Waals surface area contributed by atoms with Gasteiger partial charge in [-0.15, -0.1) is 0 Å². The molecule has 0 radical (unpaired) electrons.